The molecule has 1 aliphatic heterocycles. The fourth-order valence-electron chi connectivity index (χ4n) is 3.86. The Morgan fingerprint density at radius 2 is 2.14 bits per heavy atom. The maximum atomic E-state index is 15.0. The molecular weight excluding hydrogens is 539 g/mol. The van der Waals surface area contributed by atoms with Gasteiger partial charge in [-0.15, -0.1) is 11.3 Å². The van der Waals surface area contributed by atoms with Gasteiger partial charge in [0.1, 0.15) is 11.9 Å². The van der Waals surface area contributed by atoms with Crippen LogP contribution in [0.3, 0.4) is 0 Å². The Morgan fingerprint density at radius 1 is 1.32 bits per heavy atom. The summed E-state index contributed by atoms with van der Waals surface area (Å²) in [5, 5.41) is 0.969. The summed E-state index contributed by atoms with van der Waals surface area (Å²) in [5.74, 6) is -1.66. The van der Waals surface area contributed by atoms with Gasteiger partial charge in [0.15, 0.2) is 0 Å². The van der Waals surface area contributed by atoms with Crippen molar-refractivity contribution in [2.24, 2.45) is 0 Å². The second-order valence-corrected chi connectivity index (χ2v) is 11.8. The van der Waals surface area contributed by atoms with Crippen LogP contribution in [-0.2, 0) is 21.2 Å². The molecule has 0 bridgehead atoms. The molecule has 4 rings (SSSR count). The molecule has 1 aromatic carbocycles. The zero-order chi connectivity index (χ0) is 26.6. The third-order valence-electron chi connectivity index (χ3n) is 5.81. The first-order valence-corrected chi connectivity index (χ1v) is 14.1. The van der Waals surface area contributed by atoms with Crippen LogP contribution in [0.2, 0.25) is 4.34 Å². The molecule has 2 aromatic heterocycles. The number of hydrogen-bond acceptors (Lipinski definition) is 6. The minimum atomic E-state index is -3.92. The Hall–Kier alpha value is -3.12. The van der Waals surface area contributed by atoms with Gasteiger partial charge >= 0.3 is 0 Å². The second kappa shape index (κ2) is 11.5. The van der Waals surface area contributed by atoms with Crippen LogP contribution in [0, 0.1) is 5.82 Å². The van der Waals surface area contributed by atoms with E-state index in [1.165, 1.54) is 39.3 Å². The van der Waals surface area contributed by atoms with Gasteiger partial charge in [0.05, 0.1) is 10.0 Å². The molecular formula is C25H24ClFN4O4S2. The molecule has 37 heavy (non-hydrogen) atoms. The Labute approximate surface area is 223 Å². The first-order valence-electron chi connectivity index (χ1n) is 11.3. The fraction of sp³-hybridized carbons (Fsp3) is 0.240. The van der Waals surface area contributed by atoms with Gasteiger partial charge in [-0.05, 0) is 60.9 Å². The monoisotopic (exact) mass is 562 g/mol. The molecule has 3 heterocycles. The van der Waals surface area contributed by atoms with Crippen molar-refractivity contribution in [3.8, 4) is 0 Å². The first-order chi connectivity index (χ1) is 17.6. The number of aromatic nitrogens is 1. The van der Waals surface area contributed by atoms with Crippen LogP contribution in [0.1, 0.15) is 27.2 Å². The molecule has 3 aromatic rings. The number of sulfonamides is 1. The van der Waals surface area contributed by atoms with E-state index < -0.39 is 27.8 Å². The van der Waals surface area contributed by atoms with Gasteiger partial charge in [-0.25, -0.2) is 12.8 Å². The molecule has 1 aliphatic rings. The van der Waals surface area contributed by atoms with E-state index in [2.05, 4.69) is 9.71 Å². The number of carbonyl (C=O) groups excluding carboxylic acids is 2. The molecule has 0 aliphatic carbocycles. The van der Waals surface area contributed by atoms with Crippen LogP contribution in [-0.4, -0.2) is 56.3 Å². The highest BCUT2D eigenvalue weighted by molar-refractivity contribution is 7.92. The molecule has 1 saturated heterocycles. The zero-order valence-electron chi connectivity index (χ0n) is 19.8. The summed E-state index contributed by atoms with van der Waals surface area (Å²) >= 11 is 7.07. The lowest BCUT2D eigenvalue weighted by Crippen LogP contribution is -2.41. The van der Waals surface area contributed by atoms with Gasteiger partial charge in [-0.1, -0.05) is 17.7 Å². The van der Waals surface area contributed by atoms with Gasteiger partial charge < -0.3 is 9.80 Å². The Bertz CT molecular complexity index is 1430. The summed E-state index contributed by atoms with van der Waals surface area (Å²) in [4.78, 5) is 33.0. The van der Waals surface area contributed by atoms with Gasteiger partial charge in [0.25, 0.3) is 5.91 Å². The Morgan fingerprint density at radius 3 is 2.81 bits per heavy atom. The summed E-state index contributed by atoms with van der Waals surface area (Å²) in [6.45, 7) is 0.555. The summed E-state index contributed by atoms with van der Waals surface area (Å²) in [5.41, 5.74) is 1.12. The van der Waals surface area contributed by atoms with Gasteiger partial charge in [0, 0.05) is 48.4 Å². The van der Waals surface area contributed by atoms with Crippen molar-refractivity contribution in [2.75, 3.05) is 25.0 Å². The van der Waals surface area contributed by atoms with Crippen LogP contribution in [0.4, 0.5) is 10.1 Å². The van der Waals surface area contributed by atoms with Crippen molar-refractivity contribution in [1.82, 2.24) is 14.6 Å². The average Bonchev–Trinajstić information content (AvgIpc) is 3.46. The lowest BCUT2D eigenvalue weighted by Gasteiger charge is -2.20. The van der Waals surface area contributed by atoms with Crippen LogP contribution < -0.4 is 9.62 Å². The highest BCUT2D eigenvalue weighted by Crippen LogP contribution is 2.27. The van der Waals surface area contributed by atoms with Crippen LogP contribution in [0.25, 0.3) is 6.08 Å². The zero-order valence-corrected chi connectivity index (χ0v) is 22.2. The quantitative estimate of drug-likeness (QED) is 0.426. The van der Waals surface area contributed by atoms with E-state index in [-0.39, 0.29) is 30.1 Å². The molecule has 0 spiro atoms. The van der Waals surface area contributed by atoms with E-state index in [9.17, 15) is 22.4 Å². The largest absolute Gasteiger partial charge is 0.341 e. The van der Waals surface area contributed by atoms with E-state index in [4.69, 9.17) is 11.6 Å². The predicted molar refractivity (Wildman–Crippen MR) is 142 cm³/mol. The SMILES string of the molecule is CN(CCc1cccnc1)C(=O)c1ccc(N2CC[C@H](NS(=O)(=O)/C=C/c3ccc(Cl)s3)C2=O)c(F)c1. The average molecular weight is 563 g/mol. The number of nitrogens with zero attached hydrogens (tertiary/aromatic N) is 3. The van der Waals surface area contributed by atoms with Crippen LogP contribution in [0.5, 0.6) is 0 Å². The van der Waals surface area contributed by atoms with E-state index in [1.807, 2.05) is 12.1 Å². The Kier molecular flexibility index (Phi) is 8.38. The smallest absolute Gasteiger partial charge is 0.253 e. The lowest BCUT2D eigenvalue weighted by atomic mass is 10.1. The molecule has 1 fully saturated rings. The topological polar surface area (TPSA) is 99.7 Å². The summed E-state index contributed by atoms with van der Waals surface area (Å²) in [7, 11) is -2.29. The number of halogens is 2. The van der Waals surface area contributed by atoms with Crippen molar-refractivity contribution in [1.29, 1.82) is 0 Å². The maximum Gasteiger partial charge on any atom is 0.253 e. The van der Waals surface area contributed by atoms with Crippen molar-refractivity contribution >= 4 is 56.5 Å². The number of likely N-dealkylation sites (N-methyl/N-ethyl adjacent to an activating group) is 1. The van der Waals surface area contributed by atoms with Gasteiger partial charge in [0.2, 0.25) is 15.9 Å². The summed E-state index contributed by atoms with van der Waals surface area (Å²) in [6, 6.07) is 9.96. The molecule has 0 saturated carbocycles. The van der Waals surface area contributed by atoms with Crippen molar-refractivity contribution in [3.63, 3.8) is 0 Å². The number of rotatable bonds is 9. The van der Waals surface area contributed by atoms with Gasteiger partial charge in [-0.3, -0.25) is 14.6 Å². The maximum absolute atomic E-state index is 15.0. The van der Waals surface area contributed by atoms with Gasteiger partial charge in [-0.2, -0.15) is 4.72 Å². The van der Waals surface area contributed by atoms with Crippen LogP contribution >= 0.6 is 22.9 Å². The van der Waals surface area contributed by atoms with Crippen molar-refractivity contribution in [3.05, 3.63) is 86.4 Å². The fourth-order valence-corrected chi connectivity index (χ4v) is 5.93. The minimum absolute atomic E-state index is 0.00923. The van der Waals surface area contributed by atoms with E-state index in [0.29, 0.717) is 22.2 Å². The van der Waals surface area contributed by atoms with Crippen molar-refractivity contribution < 1.29 is 22.4 Å². The number of carbonyl (C=O) groups is 2. The minimum Gasteiger partial charge on any atom is -0.341 e. The third kappa shape index (κ3) is 6.80. The molecule has 8 nitrogen and oxygen atoms in total. The third-order valence-corrected chi connectivity index (χ3v) is 8.11. The number of hydrogen-bond donors (Lipinski definition) is 1. The van der Waals surface area contributed by atoms with Crippen LogP contribution in [0.15, 0.2) is 60.3 Å². The summed E-state index contributed by atoms with van der Waals surface area (Å²) in [6.07, 6.45) is 5.56. The van der Waals surface area contributed by atoms with Crippen molar-refractivity contribution in [2.45, 2.75) is 18.9 Å². The molecule has 0 unspecified atom stereocenters. The van der Waals surface area contributed by atoms with E-state index in [0.717, 1.165) is 17.0 Å². The second-order valence-electron chi connectivity index (χ2n) is 8.44. The number of benzene rings is 1. The molecule has 0 radical (unpaired) electrons. The first kappa shape index (κ1) is 26.9. The predicted octanol–water partition coefficient (Wildman–Crippen LogP) is 3.95. The number of anilines is 1. The highest BCUT2D eigenvalue weighted by atomic mass is 35.5. The van der Waals surface area contributed by atoms with E-state index >= 15 is 0 Å². The van der Waals surface area contributed by atoms with E-state index in [1.54, 1.807) is 31.6 Å². The number of thiophene rings is 1. The number of pyridine rings is 1. The molecule has 2 amide bonds. The molecule has 12 heteroatoms. The summed E-state index contributed by atoms with van der Waals surface area (Å²) < 4.78 is 42.7. The normalized spacial score (nSPS) is 16.0. The standard InChI is InChI=1S/C25H24ClFN4O4S2/c1-30(12-8-17-3-2-11-28-16-17)24(32)18-4-6-22(20(27)15-18)31-13-9-21(25(31)33)29-37(34,35)14-10-19-5-7-23(26)36-19/h2-7,10-11,14-16,21,29H,8-9,12-13H2,1H3/b14-10+/t21-/m0/s1. The molecule has 1 N–H and O–H groups in total. The number of nitrogens with one attached hydrogen (secondary N) is 1. The Balaban J connectivity index is 1.38. The molecule has 194 valence electrons. The highest BCUT2D eigenvalue weighted by Gasteiger charge is 2.36. The number of amides is 2. The molecule has 1 atom stereocenters. The lowest BCUT2D eigenvalue weighted by molar-refractivity contribution is -0.118.